The largest absolute Gasteiger partial charge is 0.591 e. The van der Waals surface area contributed by atoms with E-state index in [1.807, 2.05) is 20.8 Å². The van der Waals surface area contributed by atoms with Gasteiger partial charge in [0.05, 0.1) is 12.3 Å². The summed E-state index contributed by atoms with van der Waals surface area (Å²) in [5.41, 5.74) is 0. The van der Waals surface area contributed by atoms with Crippen molar-refractivity contribution < 1.29 is 8.98 Å². The van der Waals surface area contributed by atoms with Crippen molar-refractivity contribution in [1.82, 2.24) is 0 Å². The van der Waals surface area contributed by atoms with E-state index in [9.17, 15) is 4.55 Å². The highest BCUT2D eigenvalue weighted by Crippen LogP contribution is 2.37. The van der Waals surface area contributed by atoms with Crippen molar-refractivity contribution in [1.29, 1.82) is 0 Å². The normalized spacial score (nSPS) is 17.5. The van der Waals surface area contributed by atoms with Crippen LogP contribution in [0.3, 0.4) is 0 Å². The van der Waals surface area contributed by atoms with Crippen LogP contribution >= 0.6 is 11.6 Å². The van der Waals surface area contributed by atoms with Crippen LogP contribution in [0.2, 0.25) is 18.1 Å². The van der Waals surface area contributed by atoms with Crippen LogP contribution in [0.4, 0.5) is 0 Å². The SMILES string of the molecule is CC(C)(C)[S@+]([O-])/N=C/C[C@@H](CCl)O[Si](C)(C)C(C)(C)C. The van der Waals surface area contributed by atoms with Crippen molar-refractivity contribution in [3.05, 3.63) is 0 Å². The molecule has 0 aliphatic carbocycles. The summed E-state index contributed by atoms with van der Waals surface area (Å²) in [6.45, 7) is 16.7. The first-order chi connectivity index (χ1) is 8.81. The molecule has 0 bridgehead atoms. The Bertz CT molecular complexity index is 324. The van der Waals surface area contributed by atoms with Gasteiger partial charge in [-0.15, -0.1) is 11.6 Å². The van der Waals surface area contributed by atoms with Crippen molar-refractivity contribution in [2.75, 3.05) is 5.88 Å². The minimum absolute atomic E-state index is 0.0572. The summed E-state index contributed by atoms with van der Waals surface area (Å²) in [6.07, 6.45) is 2.25. The Labute approximate surface area is 134 Å². The molecule has 0 aromatic rings. The van der Waals surface area contributed by atoms with Crippen LogP contribution in [-0.2, 0) is 15.8 Å². The van der Waals surface area contributed by atoms with E-state index in [-0.39, 0.29) is 15.9 Å². The molecule has 0 aromatic heterocycles. The van der Waals surface area contributed by atoms with Gasteiger partial charge in [-0.25, -0.2) is 0 Å². The van der Waals surface area contributed by atoms with Crippen LogP contribution in [0.25, 0.3) is 0 Å². The highest BCUT2D eigenvalue weighted by atomic mass is 35.5. The Morgan fingerprint density at radius 3 is 2.10 bits per heavy atom. The molecule has 2 atom stereocenters. The predicted octanol–water partition coefficient (Wildman–Crippen LogP) is 4.54. The molecule has 0 radical (unpaired) electrons. The third-order valence-corrected chi connectivity index (χ3v) is 9.77. The first kappa shape index (κ1) is 20.4. The number of hydrogen-bond donors (Lipinski definition) is 0. The van der Waals surface area contributed by atoms with Gasteiger partial charge in [-0.2, -0.15) is 0 Å². The van der Waals surface area contributed by atoms with Crippen LogP contribution in [0.1, 0.15) is 48.0 Å². The average Bonchev–Trinajstić information content (AvgIpc) is 2.24. The summed E-state index contributed by atoms with van der Waals surface area (Å²) in [5.74, 6) is 0.431. The maximum Gasteiger partial charge on any atom is 0.192 e. The second-order valence-corrected chi connectivity index (χ2v) is 14.5. The van der Waals surface area contributed by atoms with Crippen molar-refractivity contribution in [3.63, 3.8) is 0 Å². The molecule has 0 saturated carbocycles. The number of alkyl halides is 1. The van der Waals surface area contributed by atoms with Gasteiger partial charge in [-0.3, -0.25) is 0 Å². The summed E-state index contributed by atoms with van der Waals surface area (Å²) in [6, 6.07) is 0. The number of halogens is 1. The predicted molar refractivity (Wildman–Crippen MR) is 93.8 cm³/mol. The van der Waals surface area contributed by atoms with Crippen LogP contribution in [0, 0.1) is 0 Å². The molecule has 6 heteroatoms. The van der Waals surface area contributed by atoms with Crippen LogP contribution in [0.5, 0.6) is 0 Å². The van der Waals surface area contributed by atoms with E-state index in [2.05, 4.69) is 38.3 Å². The summed E-state index contributed by atoms with van der Waals surface area (Å²) >= 11 is 4.77. The number of rotatable bonds is 6. The van der Waals surface area contributed by atoms with Gasteiger partial charge < -0.3 is 8.98 Å². The Hall–Kier alpha value is 0.447. The van der Waals surface area contributed by atoms with E-state index >= 15 is 0 Å². The molecule has 0 fully saturated rings. The topological polar surface area (TPSA) is 44.7 Å². The van der Waals surface area contributed by atoms with Gasteiger partial charge in [0.2, 0.25) is 0 Å². The van der Waals surface area contributed by atoms with Crippen molar-refractivity contribution >= 4 is 37.5 Å². The lowest BCUT2D eigenvalue weighted by atomic mass is 10.2. The van der Waals surface area contributed by atoms with E-state index in [1.165, 1.54) is 0 Å². The third kappa shape index (κ3) is 6.94. The van der Waals surface area contributed by atoms with Crippen molar-refractivity contribution in [2.24, 2.45) is 4.40 Å². The van der Waals surface area contributed by atoms with Crippen LogP contribution in [-0.4, -0.2) is 35.8 Å². The highest BCUT2D eigenvalue weighted by molar-refractivity contribution is 7.91. The molecule has 3 nitrogen and oxygen atoms in total. The fourth-order valence-corrected chi connectivity index (χ4v) is 3.32. The molecule has 120 valence electrons. The second-order valence-electron chi connectivity index (χ2n) is 7.54. The molecule has 20 heavy (non-hydrogen) atoms. The molecule has 0 saturated heterocycles. The lowest BCUT2D eigenvalue weighted by Crippen LogP contribution is -2.44. The minimum Gasteiger partial charge on any atom is -0.591 e. The fourth-order valence-electron chi connectivity index (χ4n) is 1.12. The zero-order chi connectivity index (χ0) is 16.2. The molecule has 0 aromatic carbocycles. The summed E-state index contributed by atoms with van der Waals surface area (Å²) < 4.78 is 21.8. The molecule has 0 N–H and O–H groups in total. The quantitative estimate of drug-likeness (QED) is 0.308. The fraction of sp³-hybridized carbons (Fsp3) is 0.929. The lowest BCUT2D eigenvalue weighted by Gasteiger charge is -2.38. The van der Waals surface area contributed by atoms with E-state index in [0.717, 1.165) is 0 Å². The van der Waals surface area contributed by atoms with Crippen molar-refractivity contribution in [2.45, 2.75) is 76.9 Å². The second kappa shape index (κ2) is 7.63. The molecule has 0 spiro atoms. The molecular formula is C14H30ClNO2SSi. The molecule has 0 amide bonds. The minimum atomic E-state index is -1.82. The van der Waals surface area contributed by atoms with Gasteiger partial charge in [0.15, 0.2) is 8.32 Å². The number of nitrogens with zero attached hydrogens (tertiary/aromatic N) is 1. The van der Waals surface area contributed by atoms with Crippen molar-refractivity contribution in [3.8, 4) is 0 Å². The molecule has 0 unspecified atom stereocenters. The molecule has 0 heterocycles. The smallest absolute Gasteiger partial charge is 0.192 e. The zero-order valence-electron chi connectivity index (χ0n) is 14.1. The van der Waals surface area contributed by atoms with Crippen LogP contribution < -0.4 is 0 Å². The average molecular weight is 340 g/mol. The molecule has 0 aliphatic rings. The lowest BCUT2D eigenvalue weighted by molar-refractivity contribution is 0.210. The van der Waals surface area contributed by atoms with Gasteiger partial charge in [0.1, 0.15) is 16.1 Å². The third-order valence-electron chi connectivity index (χ3n) is 3.50. The van der Waals surface area contributed by atoms with E-state index in [0.29, 0.717) is 12.3 Å². The van der Waals surface area contributed by atoms with E-state index in [1.54, 1.807) is 6.21 Å². The Kier molecular flexibility index (Phi) is 7.80. The van der Waals surface area contributed by atoms with Gasteiger partial charge in [-0.1, -0.05) is 25.2 Å². The number of hydrogen-bond acceptors (Lipinski definition) is 3. The first-order valence-electron chi connectivity index (χ1n) is 6.99. The molecule has 0 rings (SSSR count). The van der Waals surface area contributed by atoms with E-state index in [4.69, 9.17) is 16.0 Å². The monoisotopic (exact) mass is 339 g/mol. The van der Waals surface area contributed by atoms with Crippen LogP contribution in [0.15, 0.2) is 4.40 Å². The van der Waals surface area contributed by atoms with Gasteiger partial charge >= 0.3 is 0 Å². The Morgan fingerprint density at radius 2 is 1.75 bits per heavy atom. The highest BCUT2D eigenvalue weighted by Gasteiger charge is 2.38. The Balaban J connectivity index is 4.56. The first-order valence-corrected chi connectivity index (χ1v) is 11.5. The standard InChI is InChI=1S/C14H30ClNO2SSi/c1-13(2,3)19(17)16-10-9-12(11-15)18-20(7,8)14(4,5)6/h10,12H,9,11H2,1-8H3/b16-10+/t12-,19-/m0/s1. The van der Waals surface area contributed by atoms with Gasteiger partial charge in [0.25, 0.3) is 0 Å². The van der Waals surface area contributed by atoms with Gasteiger partial charge in [0, 0.05) is 12.3 Å². The molecular weight excluding hydrogens is 310 g/mol. The molecule has 0 aliphatic heterocycles. The summed E-state index contributed by atoms with van der Waals surface area (Å²) in [7, 11) is -1.82. The van der Waals surface area contributed by atoms with E-state index < -0.39 is 19.7 Å². The summed E-state index contributed by atoms with van der Waals surface area (Å²) in [4.78, 5) is 0. The summed E-state index contributed by atoms with van der Waals surface area (Å²) in [5, 5.41) is 0.155. The maximum absolute atomic E-state index is 11.8. The Morgan fingerprint density at radius 1 is 1.25 bits per heavy atom. The zero-order valence-corrected chi connectivity index (χ0v) is 16.7. The van der Waals surface area contributed by atoms with Gasteiger partial charge in [-0.05, 0) is 38.9 Å². The maximum atomic E-state index is 11.8.